The minimum Gasteiger partial charge on any atom is -0.371 e. The van der Waals surface area contributed by atoms with E-state index in [0.717, 1.165) is 17.0 Å². The van der Waals surface area contributed by atoms with Gasteiger partial charge in [0.1, 0.15) is 11.8 Å². The molecule has 0 aliphatic heterocycles. The number of aromatic amines is 3. The quantitative estimate of drug-likeness (QED) is 0.146. The molecule has 0 aliphatic rings. The van der Waals surface area contributed by atoms with Gasteiger partial charge in [0.25, 0.3) is 16.7 Å². The topological polar surface area (TPSA) is 238 Å². The van der Waals surface area contributed by atoms with Crippen molar-refractivity contribution in [2.24, 2.45) is 7.05 Å². The SMILES string of the molecule is CC(C)(C)c1c[nH]c(=O)[nH]c1=O.CNc1ncnc2c1ncn2C(C)(C)C.Cc1cn(C(C)(C)C)c(=S)[nH]c1=O.Cn1c(N)nc2c(ncn2C(C)(C)C)c1=O. The minimum atomic E-state index is -0.465. The van der Waals surface area contributed by atoms with E-state index in [1.807, 2.05) is 83.1 Å². The second-order valence-corrected chi connectivity index (χ2v) is 17.5. The van der Waals surface area contributed by atoms with Gasteiger partial charge in [0.2, 0.25) is 5.95 Å². The average Bonchev–Trinajstić information content (AvgIpc) is 3.70. The zero-order valence-corrected chi connectivity index (χ0v) is 35.8. The summed E-state index contributed by atoms with van der Waals surface area (Å²) in [6.07, 6.45) is 8.24. The Morgan fingerprint density at radius 3 is 1.77 bits per heavy atom. The first kappa shape index (κ1) is 44.7. The number of nitrogens with zero attached hydrogens (tertiary/aromatic N) is 9. The molecular formula is C37H56N14O4S. The molecule has 19 heteroatoms. The first-order valence-electron chi connectivity index (χ1n) is 17.8. The maximum atomic E-state index is 11.9. The number of rotatable bonds is 1. The zero-order chi connectivity index (χ0) is 42.7. The average molecular weight is 793 g/mol. The summed E-state index contributed by atoms with van der Waals surface area (Å²) in [6, 6.07) is 0. The van der Waals surface area contributed by atoms with Crippen molar-refractivity contribution in [1.29, 1.82) is 0 Å². The maximum absolute atomic E-state index is 11.9. The number of aromatic nitrogens is 12. The van der Waals surface area contributed by atoms with Crippen molar-refractivity contribution in [3.05, 3.63) is 88.8 Å². The van der Waals surface area contributed by atoms with Gasteiger partial charge in [-0.2, -0.15) is 4.98 Å². The lowest BCUT2D eigenvalue weighted by Gasteiger charge is -2.23. The van der Waals surface area contributed by atoms with Crippen molar-refractivity contribution in [3.63, 3.8) is 0 Å². The van der Waals surface area contributed by atoms with Crippen molar-refractivity contribution in [2.75, 3.05) is 18.1 Å². The molecule has 304 valence electrons. The van der Waals surface area contributed by atoms with Crippen molar-refractivity contribution in [3.8, 4) is 0 Å². The number of imidazole rings is 2. The summed E-state index contributed by atoms with van der Waals surface area (Å²) in [5.74, 6) is 0.964. The molecule has 0 saturated carbocycles. The third-order valence-corrected chi connectivity index (χ3v) is 8.60. The van der Waals surface area contributed by atoms with Crippen LogP contribution < -0.4 is 33.4 Å². The zero-order valence-electron chi connectivity index (χ0n) is 35.0. The van der Waals surface area contributed by atoms with E-state index in [4.69, 9.17) is 18.0 Å². The van der Waals surface area contributed by atoms with E-state index in [1.165, 1.54) is 10.8 Å². The van der Waals surface area contributed by atoms with Crippen LogP contribution in [-0.4, -0.2) is 65.2 Å². The molecule has 6 aromatic heterocycles. The maximum Gasteiger partial charge on any atom is 0.325 e. The highest BCUT2D eigenvalue weighted by Crippen LogP contribution is 2.23. The summed E-state index contributed by atoms with van der Waals surface area (Å²) in [4.78, 5) is 73.2. The number of hydrogen-bond acceptors (Lipinski definition) is 12. The lowest BCUT2D eigenvalue weighted by Crippen LogP contribution is -2.30. The van der Waals surface area contributed by atoms with Crippen LogP contribution in [0.2, 0.25) is 0 Å². The van der Waals surface area contributed by atoms with Gasteiger partial charge in [0, 0.05) is 54.2 Å². The number of nitrogen functional groups attached to an aromatic ring is 1. The molecule has 0 aromatic carbocycles. The first-order chi connectivity index (χ1) is 25.6. The normalized spacial score (nSPS) is 11.9. The molecule has 0 fully saturated rings. The summed E-state index contributed by atoms with van der Waals surface area (Å²) in [5.41, 5.74) is 7.87. The Labute approximate surface area is 329 Å². The monoisotopic (exact) mass is 792 g/mol. The molecule has 0 spiro atoms. The van der Waals surface area contributed by atoms with Crippen LogP contribution in [-0.2, 0) is 29.1 Å². The van der Waals surface area contributed by atoms with Gasteiger partial charge >= 0.3 is 5.69 Å². The van der Waals surface area contributed by atoms with Crippen LogP contribution in [0.5, 0.6) is 0 Å². The molecule has 56 heavy (non-hydrogen) atoms. The van der Waals surface area contributed by atoms with Crippen molar-refractivity contribution >= 4 is 46.3 Å². The number of aryl methyl sites for hydroxylation is 1. The number of nitrogens with two attached hydrogens (primary N) is 1. The number of H-pyrrole nitrogens is 3. The number of anilines is 2. The Morgan fingerprint density at radius 2 is 1.27 bits per heavy atom. The molecule has 6 rings (SSSR count). The lowest BCUT2D eigenvalue weighted by atomic mass is 9.89. The van der Waals surface area contributed by atoms with Gasteiger partial charge in [-0.25, -0.2) is 24.7 Å². The van der Waals surface area contributed by atoms with E-state index < -0.39 is 5.69 Å². The second kappa shape index (κ2) is 16.6. The molecule has 6 heterocycles. The van der Waals surface area contributed by atoms with Crippen LogP contribution >= 0.6 is 12.2 Å². The number of nitrogens with one attached hydrogen (secondary N) is 4. The van der Waals surface area contributed by atoms with Gasteiger partial charge in [-0.3, -0.25) is 28.9 Å². The molecule has 6 N–H and O–H groups in total. The summed E-state index contributed by atoms with van der Waals surface area (Å²) >= 11 is 5.05. The summed E-state index contributed by atoms with van der Waals surface area (Å²) in [7, 11) is 3.41. The van der Waals surface area contributed by atoms with Crippen molar-refractivity contribution in [2.45, 2.75) is 112 Å². The Hall–Kier alpha value is -5.72. The van der Waals surface area contributed by atoms with E-state index >= 15 is 0 Å². The molecule has 0 atom stereocenters. The van der Waals surface area contributed by atoms with E-state index in [0.29, 0.717) is 27.1 Å². The molecule has 18 nitrogen and oxygen atoms in total. The van der Waals surface area contributed by atoms with Crippen molar-refractivity contribution < 1.29 is 0 Å². The Balaban J connectivity index is 0.000000202. The molecule has 0 unspecified atom stereocenters. The van der Waals surface area contributed by atoms with Gasteiger partial charge in [0.05, 0.1) is 12.7 Å². The molecule has 0 aliphatic carbocycles. The van der Waals surface area contributed by atoms with Gasteiger partial charge in [-0.05, 0) is 86.9 Å². The van der Waals surface area contributed by atoms with E-state index in [2.05, 4.69) is 66.0 Å². The van der Waals surface area contributed by atoms with Crippen molar-refractivity contribution in [1.82, 2.24) is 58.1 Å². The van der Waals surface area contributed by atoms with Crippen LogP contribution in [0.15, 0.2) is 50.6 Å². The standard InChI is InChI=1S/C10H15N5O.C10H15N5.C9H14N2OS.C8H12N2O2/c1-10(2,3)15-5-12-6-7(15)13-9(11)14(4)8(6)16;1-10(2,3)15-6-14-7-8(11-4)12-5-13-9(7)15;1-6-5-11(9(2,3)4)8(13)10-7(6)12;1-8(2,3)5-4-9-7(12)10-6(5)11/h5H,1-4H3,(H2,11,13);5-6H,1-4H3,(H,11,12,13);5H,1-4H3,(H,10,12,13);4H,1-3H3,(H2,9,10,11,12). The van der Waals surface area contributed by atoms with E-state index in [9.17, 15) is 19.2 Å². The predicted octanol–water partition coefficient (Wildman–Crippen LogP) is 4.42. The van der Waals surface area contributed by atoms with Gasteiger partial charge < -0.3 is 29.7 Å². The van der Waals surface area contributed by atoms with E-state index in [-0.39, 0.29) is 44.7 Å². The van der Waals surface area contributed by atoms with Crippen LogP contribution in [0.3, 0.4) is 0 Å². The lowest BCUT2D eigenvalue weighted by molar-refractivity contribution is 0.382. The molecular weight excluding hydrogens is 737 g/mol. The summed E-state index contributed by atoms with van der Waals surface area (Å²) < 4.78 is 7.55. The number of fused-ring (bicyclic) bond motifs is 2. The highest BCUT2D eigenvalue weighted by molar-refractivity contribution is 7.71. The minimum absolute atomic E-state index is 0.0197. The first-order valence-corrected chi connectivity index (χ1v) is 18.2. The molecule has 0 bridgehead atoms. The van der Waals surface area contributed by atoms with Crippen LogP contribution in [0.1, 0.15) is 94.2 Å². The molecule has 0 saturated heterocycles. The third-order valence-electron chi connectivity index (χ3n) is 8.30. The Bertz CT molecular complexity index is 2610. The van der Waals surface area contributed by atoms with Gasteiger partial charge in [-0.15, -0.1) is 0 Å². The third kappa shape index (κ3) is 10.5. The predicted molar refractivity (Wildman–Crippen MR) is 224 cm³/mol. The fourth-order valence-corrected chi connectivity index (χ4v) is 5.50. The van der Waals surface area contributed by atoms with Crippen LogP contribution in [0.25, 0.3) is 22.3 Å². The van der Waals surface area contributed by atoms with Gasteiger partial charge in [-0.1, -0.05) is 20.8 Å². The number of hydrogen-bond donors (Lipinski definition) is 5. The van der Waals surface area contributed by atoms with Gasteiger partial charge in [0.15, 0.2) is 27.4 Å². The fraction of sp³-hybridized carbons (Fsp3) is 0.514. The largest absolute Gasteiger partial charge is 0.371 e. The van der Waals surface area contributed by atoms with Crippen LogP contribution in [0.4, 0.5) is 11.8 Å². The summed E-state index contributed by atoms with van der Waals surface area (Å²) in [6.45, 7) is 26.1. The molecule has 0 radical (unpaired) electrons. The smallest absolute Gasteiger partial charge is 0.325 e. The second-order valence-electron chi connectivity index (χ2n) is 17.1. The molecule has 6 aromatic rings. The van der Waals surface area contributed by atoms with Crippen LogP contribution in [0, 0.1) is 11.7 Å². The fourth-order valence-electron chi connectivity index (χ4n) is 5.08. The Kier molecular flexibility index (Phi) is 13.2. The molecule has 0 amide bonds. The Morgan fingerprint density at radius 1 is 0.732 bits per heavy atom. The highest BCUT2D eigenvalue weighted by atomic mass is 32.1. The summed E-state index contributed by atoms with van der Waals surface area (Å²) in [5, 5.41) is 3.01. The van der Waals surface area contributed by atoms with E-state index in [1.54, 1.807) is 39.2 Å². The highest BCUT2D eigenvalue weighted by Gasteiger charge is 2.21.